The maximum Gasteiger partial charge on any atom is 0.220 e. The van der Waals surface area contributed by atoms with E-state index < -0.39 is 6.23 Å². The van der Waals surface area contributed by atoms with Crippen LogP contribution in [0.1, 0.15) is 38.5 Å². The molecule has 1 amide bonds. The van der Waals surface area contributed by atoms with Gasteiger partial charge in [0, 0.05) is 46.5 Å². The molecule has 3 N–H and O–H groups in total. The molecule has 0 fully saturated rings. The fraction of sp³-hybridized carbons (Fsp3) is 0.944. The summed E-state index contributed by atoms with van der Waals surface area (Å²) in [5.74, 6) is 0.0533. The lowest BCUT2D eigenvalue weighted by molar-refractivity contribution is -0.121. The van der Waals surface area contributed by atoms with E-state index in [-0.39, 0.29) is 5.91 Å². The van der Waals surface area contributed by atoms with Gasteiger partial charge in [0.05, 0.1) is 19.8 Å². The number of nitrogens with one attached hydrogen (secondary N) is 2. The summed E-state index contributed by atoms with van der Waals surface area (Å²) >= 11 is 0. The summed E-state index contributed by atoms with van der Waals surface area (Å²) < 4.78 is 21.1. The third kappa shape index (κ3) is 19.6. The first kappa shape index (κ1) is 25.2. The van der Waals surface area contributed by atoms with Gasteiger partial charge in [-0.3, -0.25) is 10.1 Å². The second kappa shape index (κ2) is 20.5. The minimum absolute atomic E-state index is 0.0533. The van der Waals surface area contributed by atoms with Gasteiger partial charge in [-0.05, 0) is 39.2 Å². The SMILES string of the molecule is CNC(O)CCCOCCCOCCNC(=O)CCCCOCCOC. The summed E-state index contributed by atoms with van der Waals surface area (Å²) in [6.45, 7) is 4.83. The van der Waals surface area contributed by atoms with Crippen LogP contribution in [0.3, 0.4) is 0 Å². The monoisotopic (exact) mass is 378 g/mol. The Balaban J connectivity index is 3.16. The quantitative estimate of drug-likeness (QED) is 0.212. The highest BCUT2D eigenvalue weighted by Gasteiger charge is 2.01. The summed E-state index contributed by atoms with van der Waals surface area (Å²) in [6.07, 6.45) is 4.10. The van der Waals surface area contributed by atoms with Gasteiger partial charge in [-0.2, -0.15) is 0 Å². The summed E-state index contributed by atoms with van der Waals surface area (Å²) in [5.41, 5.74) is 0. The fourth-order valence-electron chi connectivity index (χ4n) is 2.08. The molecule has 0 aliphatic heterocycles. The Morgan fingerprint density at radius 1 is 0.885 bits per heavy atom. The van der Waals surface area contributed by atoms with Crippen molar-refractivity contribution >= 4 is 5.91 Å². The number of methoxy groups -OCH3 is 1. The molecule has 0 aromatic heterocycles. The molecule has 8 nitrogen and oxygen atoms in total. The smallest absolute Gasteiger partial charge is 0.220 e. The fourth-order valence-corrected chi connectivity index (χ4v) is 2.08. The lowest BCUT2D eigenvalue weighted by atomic mass is 10.2. The first-order valence-electron chi connectivity index (χ1n) is 9.55. The van der Waals surface area contributed by atoms with Gasteiger partial charge in [0.25, 0.3) is 0 Å². The van der Waals surface area contributed by atoms with Gasteiger partial charge < -0.3 is 29.4 Å². The van der Waals surface area contributed by atoms with Crippen molar-refractivity contribution in [3.63, 3.8) is 0 Å². The number of aliphatic hydroxyl groups is 1. The predicted molar refractivity (Wildman–Crippen MR) is 100 cm³/mol. The Hall–Kier alpha value is -0.770. The molecule has 0 spiro atoms. The van der Waals surface area contributed by atoms with E-state index in [1.807, 2.05) is 0 Å². The largest absolute Gasteiger partial charge is 0.382 e. The molecule has 0 aliphatic rings. The van der Waals surface area contributed by atoms with Crippen molar-refractivity contribution in [1.82, 2.24) is 10.6 Å². The van der Waals surface area contributed by atoms with Crippen molar-refractivity contribution in [3.8, 4) is 0 Å². The van der Waals surface area contributed by atoms with Crippen molar-refractivity contribution in [2.24, 2.45) is 0 Å². The van der Waals surface area contributed by atoms with Gasteiger partial charge in [-0.15, -0.1) is 0 Å². The normalized spacial score (nSPS) is 12.3. The standard InChI is InChI=1S/C18H38N2O6/c1-19-17(21)8-5-11-24-12-6-13-25-14-9-20-18(22)7-3-4-10-26-16-15-23-2/h17,19,21H,3-16H2,1-2H3,(H,20,22). The van der Waals surface area contributed by atoms with E-state index in [1.165, 1.54) is 0 Å². The summed E-state index contributed by atoms with van der Waals surface area (Å²) in [7, 11) is 3.37. The van der Waals surface area contributed by atoms with E-state index in [4.69, 9.17) is 18.9 Å². The number of amides is 1. The average Bonchev–Trinajstić information content (AvgIpc) is 2.65. The van der Waals surface area contributed by atoms with Crippen molar-refractivity contribution in [2.75, 3.05) is 67.0 Å². The summed E-state index contributed by atoms with van der Waals surface area (Å²) in [5, 5.41) is 14.9. The Kier molecular flexibility index (Phi) is 19.9. The summed E-state index contributed by atoms with van der Waals surface area (Å²) in [6, 6.07) is 0. The molecule has 1 atom stereocenters. The number of rotatable bonds is 20. The number of unbranched alkanes of at least 4 members (excludes halogenated alkanes) is 1. The van der Waals surface area contributed by atoms with Gasteiger partial charge in [-0.25, -0.2) is 0 Å². The Morgan fingerprint density at radius 3 is 2.27 bits per heavy atom. The Morgan fingerprint density at radius 2 is 1.54 bits per heavy atom. The van der Waals surface area contributed by atoms with Crippen LogP contribution in [0.2, 0.25) is 0 Å². The lowest BCUT2D eigenvalue weighted by Crippen LogP contribution is -2.27. The van der Waals surface area contributed by atoms with E-state index in [0.29, 0.717) is 65.6 Å². The van der Waals surface area contributed by atoms with Crippen molar-refractivity contribution in [3.05, 3.63) is 0 Å². The molecule has 0 bridgehead atoms. The molecule has 156 valence electrons. The molecule has 0 saturated heterocycles. The minimum atomic E-state index is -0.452. The molecule has 0 radical (unpaired) electrons. The van der Waals surface area contributed by atoms with Gasteiger partial charge in [-0.1, -0.05) is 0 Å². The van der Waals surface area contributed by atoms with Crippen LogP contribution in [-0.2, 0) is 23.7 Å². The van der Waals surface area contributed by atoms with Gasteiger partial charge >= 0.3 is 0 Å². The first-order valence-corrected chi connectivity index (χ1v) is 9.55. The zero-order valence-electron chi connectivity index (χ0n) is 16.5. The average molecular weight is 379 g/mol. The van der Waals surface area contributed by atoms with Gasteiger partial charge in [0.1, 0.15) is 6.23 Å². The lowest BCUT2D eigenvalue weighted by Gasteiger charge is -2.09. The van der Waals surface area contributed by atoms with E-state index in [0.717, 1.165) is 25.7 Å². The molecule has 8 heteroatoms. The molecule has 26 heavy (non-hydrogen) atoms. The summed E-state index contributed by atoms with van der Waals surface area (Å²) in [4.78, 5) is 11.6. The van der Waals surface area contributed by atoms with Crippen molar-refractivity contribution in [2.45, 2.75) is 44.8 Å². The number of ether oxygens (including phenoxy) is 4. The van der Waals surface area contributed by atoms with E-state index >= 15 is 0 Å². The number of aliphatic hydroxyl groups excluding tert-OH is 1. The molecular formula is C18H38N2O6. The Bertz CT molecular complexity index is 307. The maximum absolute atomic E-state index is 11.6. The van der Waals surface area contributed by atoms with Crippen LogP contribution in [-0.4, -0.2) is 84.2 Å². The zero-order valence-corrected chi connectivity index (χ0v) is 16.5. The number of hydrogen-bond donors (Lipinski definition) is 3. The molecule has 0 heterocycles. The maximum atomic E-state index is 11.6. The van der Waals surface area contributed by atoms with Crippen LogP contribution in [0.15, 0.2) is 0 Å². The number of hydrogen-bond acceptors (Lipinski definition) is 7. The molecular weight excluding hydrogens is 340 g/mol. The van der Waals surface area contributed by atoms with Gasteiger partial charge in [0.2, 0.25) is 5.91 Å². The molecule has 0 saturated carbocycles. The molecule has 0 aromatic rings. The van der Waals surface area contributed by atoms with Crippen LogP contribution in [0.4, 0.5) is 0 Å². The van der Waals surface area contributed by atoms with E-state index in [1.54, 1.807) is 14.2 Å². The van der Waals surface area contributed by atoms with Crippen LogP contribution in [0, 0.1) is 0 Å². The van der Waals surface area contributed by atoms with Crippen LogP contribution in [0.5, 0.6) is 0 Å². The minimum Gasteiger partial charge on any atom is -0.382 e. The molecule has 1 unspecified atom stereocenters. The Labute approximate surface area is 157 Å². The van der Waals surface area contributed by atoms with Crippen molar-refractivity contribution in [1.29, 1.82) is 0 Å². The third-order valence-electron chi connectivity index (χ3n) is 3.62. The first-order chi connectivity index (χ1) is 12.7. The van der Waals surface area contributed by atoms with Crippen LogP contribution >= 0.6 is 0 Å². The number of carbonyl (C=O) groups excluding carboxylic acids is 1. The van der Waals surface area contributed by atoms with Gasteiger partial charge in [0.15, 0.2) is 0 Å². The second-order valence-electron chi connectivity index (χ2n) is 5.94. The highest BCUT2D eigenvalue weighted by molar-refractivity contribution is 5.75. The zero-order chi connectivity index (χ0) is 19.3. The third-order valence-corrected chi connectivity index (χ3v) is 3.62. The second-order valence-corrected chi connectivity index (χ2v) is 5.94. The van der Waals surface area contributed by atoms with Crippen molar-refractivity contribution < 1.29 is 28.8 Å². The predicted octanol–water partition coefficient (Wildman–Crippen LogP) is 0.677. The van der Waals surface area contributed by atoms with E-state index in [9.17, 15) is 9.90 Å². The van der Waals surface area contributed by atoms with E-state index in [2.05, 4.69) is 10.6 Å². The molecule has 0 aliphatic carbocycles. The highest BCUT2D eigenvalue weighted by atomic mass is 16.5. The van der Waals surface area contributed by atoms with Crippen LogP contribution < -0.4 is 10.6 Å². The van der Waals surface area contributed by atoms with Crippen LogP contribution in [0.25, 0.3) is 0 Å². The molecule has 0 aromatic carbocycles. The topological polar surface area (TPSA) is 98.3 Å². The molecule has 0 rings (SSSR count). The highest BCUT2D eigenvalue weighted by Crippen LogP contribution is 1.96. The number of carbonyl (C=O) groups is 1.